The molecule has 0 aliphatic rings. The second kappa shape index (κ2) is 8.64. The Bertz CT molecular complexity index is 1350. The zero-order valence-electron chi connectivity index (χ0n) is 17.3. The normalized spacial score (nSPS) is 10.7. The molecule has 4 rings (SSSR count). The molecule has 8 heteroatoms. The molecular formula is C24H19ClN4O3. The van der Waals surface area contributed by atoms with Crippen molar-refractivity contribution in [3.8, 4) is 11.3 Å². The zero-order chi connectivity index (χ0) is 22.8. The Balaban J connectivity index is 1.68. The number of aryl methyl sites for hydroxylation is 1. The van der Waals surface area contributed by atoms with Crippen molar-refractivity contribution in [1.82, 2.24) is 9.97 Å². The van der Waals surface area contributed by atoms with Crippen LogP contribution in [0, 0.1) is 6.92 Å². The molecule has 0 aliphatic carbocycles. The molecule has 0 bridgehead atoms. The highest BCUT2D eigenvalue weighted by Crippen LogP contribution is 2.31. The van der Waals surface area contributed by atoms with Gasteiger partial charge in [-0.05, 0) is 61.0 Å². The van der Waals surface area contributed by atoms with E-state index in [1.807, 2.05) is 25.1 Å². The maximum Gasteiger partial charge on any atom is 0.337 e. The van der Waals surface area contributed by atoms with Gasteiger partial charge in [0.2, 0.25) is 5.95 Å². The maximum atomic E-state index is 12.8. The van der Waals surface area contributed by atoms with Crippen LogP contribution in [0.25, 0.3) is 22.2 Å². The summed E-state index contributed by atoms with van der Waals surface area (Å²) >= 11 is 6.18. The van der Waals surface area contributed by atoms with Crippen LogP contribution in [0.15, 0.2) is 60.7 Å². The summed E-state index contributed by atoms with van der Waals surface area (Å²) < 4.78 is 4.68. The fourth-order valence-corrected chi connectivity index (χ4v) is 3.48. The number of amides is 1. The lowest BCUT2D eigenvalue weighted by Gasteiger charge is -2.12. The first kappa shape index (κ1) is 21.3. The maximum absolute atomic E-state index is 12.8. The number of rotatable bonds is 4. The van der Waals surface area contributed by atoms with Crippen molar-refractivity contribution in [2.75, 3.05) is 18.2 Å². The van der Waals surface area contributed by atoms with Crippen LogP contribution in [0.3, 0.4) is 0 Å². The summed E-state index contributed by atoms with van der Waals surface area (Å²) in [5.41, 5.74) is 10.2. The number of benzene rings is 3. The van der Waals surface area contributed by atoms with Crippen LogP contribution in [0.2, 0.25) is 5.02 Å². The number of ether oxygens (including phenoxy) is 1. The fourth-order valence-electron chi connectivity index (χ4n) is 3.31. The van der Waals surface area contributed by atoms with E-state index >= 15 is 0 Å². The van der Waals surface area contributed by atoms with Crippen LogP contribution in [0.4, 0.5) is 11.6 Å². The van der Waals surface area contributed by atoms with Gasteiger partial charge < -0.3 is 15.8 Å². The monoisotopic (exact) mass is 446 g/mol. The molecule has 3 aromatic carbocycles. The van der Waals surface area contributed by atoms with E-state index in [2.05, 4.69) is 20.0 Å². The van der Waals surface area contributed by atoms with Crippen molar-refractivity contribution in [2.45, 2.75) is 6.92 Å². The Kier molecular flexibility index (Phi) is 5.75. The fraction of sp³-hybridized carbons (Fsp3) is 0.0833. The van der Waals surface area contributed by atoms with E-state index < -0.39 is 5.97 Å². The molecule has 0 atom stereocenters. The van der Waals surface area contributed by atoms with Gasteiger partial charge in [-0.2, -0.15) is 0 Å². The number of esters is 1. The van der Waals surface area contributed by atoms with Gasteiger partial charge in [-0.15, -0.1) is 0 Å². The minimum atomic E-state index is -0.461. The van der Waals surface area contributed by atoms with E-state index in [9.17, 15) is 9.59 Å². The number of methoxy groups -OCH3 is 1. The average Bonchev–Trinajstić information content (AvgIpc) is 2.80. The number of hydrogen-bond donors (Lipinski definition) is 2. The first-order valence-corrected chi connectivity index (χ1v) is 10.1. The largest absolute Gasteiger partial charge is 0.465 e. The van der Waals surface area contributed by atoms with Gasteiger partial charge in [0.05, 0.1) is 23.9 Å². The van der Waals surface area contributed by atoms with Gasteiger partial charge in [-0.1, -0.05) is 23.7 Å². The molecule has 3 N–H and O–H groups in total. The number of carbonyl (C=O) groups is 2. The number of anilines is 2. The highest BCUT2D eigenvalue weighted by Gasteiger charge is 2.14. The van der Waals surface area contributed by atoms with Gasteiger partial charge in [0, 0.05) is 27.2 Å². The molecule has 4 aromatic rings. The molecule has 0 spiro atoms. The Hall–Kier alpha value is -3.97. The van der Waals surface area contributed by atoms with Crippen molar-refractivity contribution in [1.29, 1.82) is 0 Å². The molecule has 1 aromatic heterocycles. The van der Waals surface area contributed by atoms with Gasteiger partial charge in [0.1, 0.15) is 0 Å². The number of nitrogens with zero attached hydrogens (tertiary/aromatic N) is 2. The van der Waals surface area contributed by atoms with E-state index in [0.717, 1.165) is 16.5 Å². The van der Waals surface area contributed by atoms with Gasteiger partial charge in [0.25, 0.3) is 5.91 Å². The van der Waals surface area contributed by atoms with E-state index in [0.29, 0.717) is 33.0 Å². The summed E-state index contributed by atoms with van der Waals surface area (Å²) in [6, 6.07) is 17.2. The number of halogens is 1. The summed E-state index contributed by atoms with van der Waals surface area (Å²) in [7, 11) is 1.31. The molecule has 0 fully saturated rings. The lowest BCUT2D eigenvalue weighted by molar-refractivity contribution is 0.0600. The Labute approximate surface area is 189 Å². The van der Waals surface area contributed by atoms with Crippen molar-refractivity contribution in [3.05, 3.63) is 82.4 Å². The molecule has 1 heterocycles. The zero-order valence-corrected chi connectivity index (χ0v) is 18.1. The smallest absolute Gasteiger partial charge is 0.337 e. The third-order valence-electron chi connectivity index (χ3n) is 5.00. The van der Waals surface area contributed by atoms with E-state index in [1.165, 1.54) is 7.11 Å². The van der Waals surface area contributed by atoms with Gasteiger partial charge in [-0.3, -0.25) is 4.79 Å². The Morgan fingerprint density at radius 2 is 1.69 bits per heavy atom. The third-order valence-corrected chi connectivity index (χ3v) is 5.24. The number of nitrogens with one attached hydrogen (secondary N) is 1. The van der Waals surface area contributed by atoms with Crippen LogP contribution in [-0.4, -0.2) is 29.0 Å². The summed E-state index contributed by atoms with van der Waals surface area (Å²) in [6.45, 7) is 1.89. The number of nitrogen functional groups attached to an aromatic ring is 1. The molecule has 160 valence electrons. The number of carbonyl (C=O) groups excluding carboxylic acids is 2. The molecule has 0 aliphatic heterocycles. The summed E-state index contributed by atoms with van der Waals surface area (Å²) in [5.74, 6) is -0.625. The predicted octanol–water partition coefficient (Wildman–Crippen LogP) is 4.88. The molecule has 1 amide bonds. The van der Waals surface area contributed by atoms with Crippen LogP contribution in [-0.2, 0) is 4.74 Å². The average molecular weight is 447 g/mol. The second-order valence-corrected chi connectivity index (χ2v) is 7.58. The molecule has 32 heavy (non-hydrogen) atoms. The summed E-state index contributed by atoms with van der Waals surface area (Å²) in [4.78, 5) is 33.0. The summed E-state index contributed by atoms with van der Waals surface area (Å²) in [6.07, 6.45) is 0. The SMILES string of the molecule is COC(=O)c1ccc(C(=O)Nc2cc(-c3nc(N)nc4ccc(Cl)cc34)ccc2C)cc1. The van der Waals surface area contributed by atoms with Crippen molar-refractivity contribution >= 4 is 46.0 Å². The first-order valence-electron chi connectivity index (χ1n) is 9.69. The minimum Gasteiger partial charge on any atom is -0.465 e. The first-order chi connectivity index (χ1) is 15.4. The standard InChI is InChI=1S/C24H19ClN4O3/c1-13-3-4-16(21-18-12-17(25)9-10-19(18)28-24(26)29-21)11-20(13)27-22(30)14-5-7-15(8-6-14)23(31)32-2/h3-12H,1-2H3,(H,27,30)(H2,26,28,29). The molecule has 0 saturated carbocycles. The quantitative estimate of drug-likeness (QED) is 0.432. The highest BCUT2D eigenvalue weighted by molar-refractivity contribution is 6.31. The number of nitrogens with two attached hydrogens (primary N) is 1. The van der Waals surface area contributed by atoms with Crippen LogP contribution < -0.4 is 11.1 Å². The van der Waals surface area contributed by atoms with Crippen LogP contribution in [0.1, 0.15) is 26.3 Å². The Morgan fingerprint density at radius 1 is 0.969 bits per heavy atom. The number of hydrogen-bond acceptors (Lipinski definition) is 6. The minimum absolute atomic E-state index is 0.145. The van der Waals surface area contributed by atoms with Gasteiger partial charge in [0.15, 0.2) is 0 Å². The lowest BCUT2D eigenvalue weighted by atomic mass is 10.0. The van der Waals surface area contributed by atoms with E-state index in [4.69, 9.17) is 17.3 Å². The molecule has 0 unspecified atom stereocenters. The van der Waals surface area contributed by atoms with E-state index in [1.54, 1.807) is 42.5 Å². The highest BCUT2D eigenvalue weighted by atomic mass is 35.5. The molecule has 7 nitrogen and oxygen atoms in total. The Morgan fingerprint density at radius 3 is 2.41 bits per heavy atom. The summed E-state index contributed by atoms with van der Waals surface area (Å²) in [5, 5.41) is 4.23. The van der Waals surface area contributed by atoms with Gasteiger partial charge >= 0.3 is 5.97 Å². The topological polar surface area (TPSA) is 107 Å². The molecule has 0 saturated heterocycles. The predicted molar refractivity (Wildman–Crippen MR) is 125 cm³/mol. The molecule has 0 radical (unpaired) electrons. The van der Waals surface area contributed by atoms with Crippen LogP contribution >= 0.6 is 11.6 Å². The van der Waals surface area contributed by atoms with Crippen LogP contribution in [0.5, 0.6) is 0 Å². The number of aromatic nitrogens is 2. The van der Waals surface area contributed by atoms with Crippen molar-refractivity contribution in [3.63, 3.8) is 0 Å². The van der Waals surface area contributed by atoms with E-state index in [-0.39, 0.29) is 11.9 Å². The third kappa shape index (κ3) is 4.24. The van der Waals surface area contributed by atoms with Gasteiger partial charge in [-0.25, -0.2) is 14.8 Å². The molecular weight excluding hydrogens is 428 g/mol. The van der Waals surface area contributed by atoms with Crippen molar-refractivity contribution in [2.24, 2.45) is 0 Å². The lowest BCUT2D eigenvalue weighted by Crippen LogP contribution is -2.13. The van der Waals surface area contributed by atoms with Crippen molar-refractivity contribution < 1.29 is 14.3 Å². The number of fused-ring (bicyclic) bond motifs is 1. The second-order valence-electron chi connectivity index (χ2n) is 7.14.